The van der Waals surface area contributed by atoms with Gasteiger partial charge in [0.15, 0.2) is 0 Å². The molecule has 0 bridgehead atoms. The van der Waals surface area contributed by atoms with E-state index in [0.29, 0.717) is 12.8 Å². The Hall–Kier alpha value is 0.220. The summed E-state index contributed by atoms with van der Waals surface area (Å²) in [7, 11) is 0. The van der Waals surface area contributed by atoms with Crippen molar-refractivity contribution in [3.8, 4) is 0 Å². The van der Waals surface area contributed by atoms with Crippen molar-refractivity contribution in [2.75, 3.05) is 0 Å². The Labute approximate surface area is 135 Å². The van der Waals surface area contributed by atoms with Gasteiger partial charge in [-0.2, -0.15) is 0 Å². The predicted molar refractivity (Wildman–Crippen MR) is 87.6 cm³/mol. The molecule has 0 heterocycles. The van der Waals surface area contributed by atoms with Crippen molar-refractivity contribution in [1.82, 2.24) is 0 Å². The van der Waals surface area contributed by atoms with Crippen LogP contribution in [0.2, 0.25) is 0 Å². The molecule has 0 aliphatic carbocycles. The van der Waals surface area contributed by atoms with Crippen LogP contribution < -0.4 is 0 Å². The van der Waals surface area contributed by atoms with Crippen molar-refractivity contribution in [1.29, 1.82) is 0 Å². The molecule has 6 heteroatoms. The van der Waals surface area contributed by atoms with Crippen LogP contribution in [0.25, 0.3) is 0 Å². The molecular weight excluding hydrogens is 308 g/mol. The van der Waals surface area contributed by atoms with Gasteiger partial charge in [-0.3, -0.25) is 8.42 Å². The van der Waals surface area contributed by atoms with Gasteiger partial charge in [0.1, 0.15) is 0 Å². The Kier molecular flexibility index (Phi) is 14.0. The summed E-state index contributed by atoms with van der Waals surface area (Å²) in [6, 6.07) is 0. The van der Waals surface area contributed by atoms with E-state index in [4.69, 9.17) is 0 Å². The fourth-order valence-electron chi connectivity index (χ4n) is 2.48. The molecule has 0 aromatic rings. The highest BCUT2D eigenvalue weighted by Gasteiger charge is 2.18. The van der Waals surface area contributed by atoms with Gasteiger partial charge in [0.2, 0.25) is 0 Å². The van der Waals surface area contributed by atoms with Crippen LogP contribution in [0.5, 0.6) is 0 Å². The Morgan fingerprint density at radius 3 is 1.38 bits per heavy atom. The summed E-state index contributed by atoms with van der Waals surface area (Å²) in [5, 5.41) is -1.04. The molecular formula is C15H30O4S2-2. The van der Waals surface area contributed by atoms with Gasteiger partial charge in [0.05, 0.1) is 0 Å². The minimum atomic E-state index is -2.18. The molecule has 0 radical (unpaired) electrons. The Morgan fingerprint density at radius 1 is 0.714 bits per heavy atom. The second-order valence-electron chi connectivity index (χ2n) is 5.70. The van der Waals surface area contributed by atoms with Crippen molar-refractivity contribution >= 4 is 22.2 Å². The van der Waals surface area contributed by atoms with Crippen LogP contribution in [0.1, 0.15) is 84.5 Å². The van der Waals surface area contributed by atoms with Crippen LogP contribution in [-0.4, -0.2) is 28.0 Å². The van der Waals surface area contributed by atoms with Crippen molar-refractivity contribution < 1.29 is 17.5 Å². The number of unbranched alkanes of at least 4 members (excludes halogenated alkanes) is 6. The summed E-state index contributed by atoms with van der Waals surface area (Å²) in [5.41, 5.74) is 0. The lowest BCUT2D eigenvalue weighted by Gasteiger charge is -2.27. The average Bonchev–Trinajstić information content (AvgIpc) is 2.44. The fraction of sp³-hybridized carbons (Fsp3) is 1.00. The van der Waals surface area contributed by atoms with Crippen LogP contribution in [-0.2, 0) is 22.2 Å². The lowest BCUT2D eigenvalue weighted by molar-refractivity contribution is 0.469. The first-order valence-electron chi connectivity index (χ1n) is 8.19. The van der Waals surface area contributed by atoms with E-state index in [1.807, 2.05) is 0 Å². The zero-order valence-corrected chi connectivity index (χ0v) is 15.0. The summed E-state index contributed by atoms with van der Waals surface area (Å²) >= 11 is -4.36. The second kappa shape index (κ2) is 13.9. The summed E-state index contributed by atoms with van der Waals surface area (Å²) in [4.78, 5) is 0. The summed E-state index contributed by atoms with van der Waals surface area (Å²) in [5.74, 6) is 0. The molecule has 0 fully saturated rings. The van der Waals surface area contributed by atoms with Gasteiger partial charge in [-0.15, -0.1) is 0 Å². The van der Waals surface area contributed by atoms with Crippen LogP contribution in [0, 0.1) is 0 Å². The smallest absolute Gasteiger partial charge is 0.0226 e. The molecule has 0 amide bonds. The van der Waals surface area contributed by atoms with E-state index in [1.54, 1.807) is 0 Å². The van der Waals surface area contributed by atoms with Crippen LogP contribution >= 0.6 is 0 Å². The first-order chi connectivity index (χ1) is 10.0. The normalized spacial score (nSPS) is 17.3. The average molecular weight is 339 g/mol. The highest BCUT2D eigenvalue weighted by atomic mass is 32.2. The van der Waals surface area contributed by atoms with Gasteiger partial charge in [-0.1, -0.05) is 87.4 Å². The molecule has 0 saturated carbocycles. The Balaban J connectivity index is 4.25. The minimum absolute atomic E-state index is 0.254. The van der Waals surface area contributed by atoms with E-state index in [0.717, 1.165) is 51.4 Å². The highest BCUT2D eigenvalue weighted by molar-refractivity contribution is 7.80. The van der Waals surface area contributed by atoms with E-state index < -0.39 is 32.7 Å². The van der Waals surface area contributed by atoms with Gasteiger partial charge >= 0.3 is 0 Å². The molecule has 4 atom stereocenters. The van der Waals surface area contributed by atoms with E-state index in [9.17, 15) is 17.5 Å². The molecule has 4 nitrogen and oxygen atoms in total. The van der Waals surface area contributed by atoms with E-state index in [2.05, 4.69) is 13.8 Å². The van der Waals surface area contributed by atoms with Crippen LogP contribution in [0.3, 0.4) is 0 Å². The van der Waals surface area contributed by atoms with Crippen molar-refractivity contribution in [2.45, 2.75) is 95.0 Å². The van der Waals surface area contributed by atoms with Crippen molar-refractivity contribution in [2.24, 2.45) is 0 Å². The topological polar surface area (TPSA) is 80.3 Å². The molecule has 21 heavy (non-hydrogen) atoms. The van der Waals surface area contributed by atoms with Gasteiger partial charge in [0, 0.05) is 10.5 Å². The number of hydrogen-bond acceptors (Lipinski definition) is 4. The molecule has 0 saturated heterocycles. The summed E-state index contributed by atoms with van der Waals surface area (Å²) < 4.78 is 45.2. The quantitative estimate of drug-likeness (QED) is 0.356. The molecule has 0 N–H and O–H groups in total. The Morgan fingerprint density at radius 2 is 1.10 bits per heavy atom. The van der Waals surface area contributed by atoms with E-state index in [1.165, 1.54) is 0 Å². The minimum Gasteiger partial charge on any atom is -0.772 e. The first kappa shape index (κ1) is 21.2. The zero-order valence-electron chi connectivity index (χ0n) is 13.4. The maximum Gasteiger partial charge on any atom is 0.0226 e. The van der Waals surface area contributed by atoms with E-state index in [-0.39, 0.29) is 6.42 Å². The number of rotatable bonds is 14. The van der Waals surface area contributed by atoms with Gasteiger partial charge in [-0.25, -0.2) is 0 Å². The molecule has 0 aromatic carbocycles. The SMILES string of the molecule is CCCCCCC(CC(CCCCCC)S(=O)[O-])S(=O)[O-]. The zero-order chi connectivity index (χ0) is 16.1. The van der Waals surface area contributed by atoms with E-state index >= 15 is 0 Å². The predicted octanol–water partition coefficient (Wildman–Crippen LogP) is 3.81. The van der Waals surface area contributed by atoms with Crippen LogP contribution in [0.15, 0.2) is 0 Å². The number of hydrogen-bond donors (Lipinski definition) is 0. The third-order valence-corrected chi connectivity index (χ3v) is 5.77. The Bertz CT molecular complexity index is 269. The molecule has 0 aromatic heterocycles. The lowest BCUT2D eigenvalue weighted by Crippen LogP contribution is -2.25. The molecule has 0 rings (SSSR count). The molecule has 0 aliphatic heterocycles. The lowest BCUT2D eigenvalue weighted by atomic mass is 10.0. The monoisotopic (exact) mass is 338 g/mol. The maximum atomic E-state index is 11.3. The molecule has 128 valence electrons. The van der Waals surface area contributed by atoms with Crippen molar-refractivity contribution in [3.63, 3.8) is 0 Å². The second-order valence-corrected chi connectivity index (χ2v) is 8.07. The molecule has 0 spiro atoms. The van der Waals surface area contributed by atoms with Crippen molar-refractivity contribution in [3.05, 3.63) is 0 Å². The largest absolute Gasteiger partial charge is 0.772 e. The van der Waals surface area contributed by atoms with Crippen LogP contribution in [0.4, 0.5) is 0 Å². The fourth-order valence-corrected chi connectivity index (χ4v) is 4.10. The van der Waals surface area contributed by atoms with Gasteiger partial charge < -0.3 is 9.11 Å². The standard InChI is InChI=1S/C15H32O4S2/c1-3-5-7-9-11-14(20(16)17)13-15(21(18)19)12-10-8-6-4-2/h14-15H,3-13H2,1-2H3,(H,16,17)(H,18,19)/p-2. The first-order valence-corrected chi connectivity index (χ1v) is 10.5. The van der Waals surface area contributed by atoms with Gasteiger partial charge in [-0.05, 0) is 19.3 Å². The molecule has 4 unspecified atom stereocenters. The van der Waals surface area contributed by atoms with Gasteiger partial charge in [0.25, 0.3) is 0 Å². The summed E-state index contributed by atoms with van der Waals surface area (Å²) in [6.07, 6.45) is 9.60. The third kappa shape index (κ3) is 11.4. The highest BCUT2D eigenvalue weighted by Crippen LogP contribution is 2.20. The summed E-state index contributed by atoms with van der Waals surface area (Å²) in [6.45, 7) is 4.21. The maximum absolute atomic E-state index is 11.3. The third-order valence-electron chi connectivity index (χ3n) is 3.83. The molecule has 0 aliphatic rings.